The molecule has 0 unspecified atom stereocenters. The number of unbranched alkanes of at least 4 members (excludes halogenated alkanes) is 4. The molecule has 1 aromatic heterocycles. The normalized spacial score (nSPS) is 10.8. The summed E-state index contributed by atoms with van der Waals surface area (Å²) in [5.41, 5.74) is 4.45. The highest BCUT2D eigenvalue weighted by Crippen LogP contribution is 2.24. The number of phenols is 1. The van der Waals surface area contributed by atoms with Gasteiger partial charge in [0, 0.05) is 30.0 Å². The maximum absolute atomic E-state index is 12.1. The summed E-state index contributed by atoms with van der Waals surface area (Å²) in [6.45, 7) is 9.03. The SMILES string of the molecule is C=C(CCCCCCC)c1ccc(Nc2nc(NCCOCCOCCNC(=O)c3ccccc3)nc(Nc3ccc(O)cc3)n2)cc1. The summed E-state index contributed by atoms with van der Waals surface area (Å²) in [5.74, 6) is 1.12. The quantitative estimate of drug-likeness (QED) is 0.0433. The fourth-order valence-electron chi connectivity index (χ4n) is 4.73. The number of nitrogens with one attached hydrogen (secondary N) is 4. The predicted octanol–water partition coefficient (Wildman–Crippen LogP) is 7.31. The van der Waals surface area contributed by atoms with E-state index in [4.69, 9.17) is 9.47 Å². The number of carbonyl (C=O) groups is 1. The van der Waals surface area contributed by atoms with Crippen molar-refractivity contribution in [1.29, 1.82) is 0 Å². The van der Waals surface area contributed by atoms with Gasteiger partial charge in [-0.05, 0) is 72.5 Å². The molecule has 254 valence electrons. The molecule has 48 heavy (non-hydrogen) atoms. The van der Waals surface area contributed by atoms with E-state index in [-0.39, 0.29) is 11.7 Å². The molecule has 11 nitrogen and oxygen atoms in total. The van der Waals surface area contributed by atoms with Gasteiger partial charge >= 0.3 is 0 Å². The summed E-state index contributed by atoms with van der Waals surface area (Å²) < 4.78 is 11.2. The van der Waals surface area contributed by atoms with Crippen molar-refractivity contribution in [2.75, 3.05) is 55.5 Å². The van der Waals surface area contributed by atoms with Crippen LogP contribution in [0.5, 0.6) is 5.75 Å². The summed E-state index contributed by atoms with van der Waals surface area (Å²) in [6, 6.07) is 23.8. The van der Waals surface area contributed by atoms with Crippen molar-refractivity contribution in [2.45, 2.75) is 45.4 Å². The molecule has 0 spiro atoms. The molecule has 0 atom stereocenters. The molecule has 5 N–H and O–H groups in total. The Hall–Kier alpha value is -5.00. The number of aromatic hydroxyl groups is 1. The molecular weight excluding hydrogens is 606 g/mol. The predicted molar refractivity (Wildman–Crippen MR) is 192 cm³/mol. The first-order chi connectivity index (χ1) is 23.5. The van der Waals surface area contributed by atoms with Crippen molar-refractivity contribution in [2.24, 2.45) is 0 Å². The molecule has 0 saturated heterocycles. The number of allylic oxidation sites excluding steroid dienone is 1. The minimum absolute atomic E-state index is 0.123. The van der Waals surface area contributed by atoms with Crippen molar-refractivity contribution >= 4 is 40.7 Å². The lowest BCUT2D eigenvalue weighted by Crippen LogP contribution is -2.27. The zero-order valence-electron chi connectivity index (χ0n) is 27.7. The lowest BCUT2D eigenvalue weighted by atomic mass is 10.0. The monoisotopic (exact) mass is 653 g/mol. The molecule has 4 rings (SSSR count). The Kier molecular flexibility index (Phi) is 15.1. The average Bonchev–Trinajstić information content (AvgIpc) is 3.10. The van der Waals surface area contributed by atoms with Crippen LogP contribution in [0.2, 0.25) is 0 Å². The highest BCUT2D eigenvalue weighted by atomic mass is 16.5. The molecule has 0 aliphatic heterocycles. The Morgan fingerprint density at radius 3 is 1.92 bits per heavy atom. The Bertz CT molecular complexity index is 1530. The molecule has 3 aromatic carbocycles. The van der Waals surface area contributed by atoms with Gasteiger partial charge in [-0.2, -0.15) is 15.0 Å². The van der Waals surface area contributed by atoms with E-state index in [1.807, 2.05) is 30.3 Å². The van der Waals surface area contributed by atoms with Crippen molar-refractivity contribution in [3.8, 4) is 5.75 Å². The van der Waals surface area contributed by atoms with Gasteiger partial charge in [-0.3, -0.25) is 4.79 Å². The van der Waals surface area contributed by atoms with E-state index in [9.17, 15) is 9.90 Å². The number of ether oxygens (including phenoxy) is 2. The first-order valence-corrected chi connectivity index (χ1v) is 16.6. The fourth-order valence-corrected chi connectivity index (χ4v) is 4.73. The number of hydrogen-bond donors (Lipinski definition) is 5. The van der Waals surface area contributed by atoms with E-state index in [2.05, 4.69) is 61.9 Å². The van der Waals surface area contributed by atoms with Gasteiger partial charge in [0.15, 0.2) is 0 Å². The van der Waals surface area contributed by atoms with Crippen LogP contribution in [0.4, 0.5) is 29.2 Å². The Morgan fingerprint density at radius 2 is 1.27 bits per heavy atom. The molecule has 0 fully saturated rings. The van der Waals surface area contributed by atoms with Crippen LogP contribution < -0.4 is 21.3 Å². The number of phenolic OH excluding ortho intramolecular Hbond substituents is 1. The van der Waals surface area contributed by atoms with Crippen molar-refractivity contribution in [3.63, 3.8) is 0 Å². The van der Waals surface area contributed by atoms with Crippen molar-refractivity contribution < 1.29 is 19.4 Å². The first-order valence-electron chi connectivity index (χ1n) is 16.6. The third-order valence-corrected chi connectivity index (χ3v) is 7.36. The number of benzene rings is 3. The average molecular weight is 654 g/mol. The van der Waals surface area contributed by atoms with Gasteiger partial charge in [0.05, 0.1) is 26.4 Å². The van der Waals surface area contributed by atoms with E-state index in [1.165, 1.54) is 25.7 Å². The smallest absolute Gasteiger partial charge is 0.251 e. The van der Waals surface area contributed by atoms with Gasteiger partial charge in [0.25, 0.3) is 5.91 Å². The van der Waals surface area contributed by atoms with Crippen LogP contribution in [0.1, 0.15) is 61.4 Å². The van der Waals surface area contributed by atoms with Gasteiger partial charge in [-0.25, -0.2) is 0 Å². The first kappa shape index (κ1) is 35.8. The zero-order valence-corrected chi connectivity index (χ0v) is 27.7. The molecule has 4 aromatic rings. The molecule has 1 amide bonds. The van der Waals surface area contributed by atoms with E-state index in [0.717, 1.165) is 35.4 Å². The molecule has 11 heteroatoms. The Morgan fingerprint density at radius 1 is 0.688 bits per heavy atom. The molecule has 0 aliphatic rings. The zero-order chi connectivity index (χ0) is 33.8. The van der Waals surface area contributed by atoms with Crippen LogP contribution >= 0.6 is 0 Å². The maximum atomic E-state index is 12.1. The number of anilines is 5. The summed E-state index contributed by atoms with van der Waals surface area (Å²) in [4.78, 5) is 25.7. The largest absolute Gasteiger partial charge is 0.508 e. The molecule has 0 aliphatic carbocycles. The van der Waals surface area contributed by atoms with Gasteiger partial charge in [-0.1, -0.05) is 69.5 Å². The molecule has 0 saturated carbocycles. The van der Waals surface area contributed by atoms with Gasteiger partial charge in [0.2, 0.25) is 17.8 Å². The second-order valence-corrected chi connectivity index (χ2v) is 11.2. The van der Waals surface area contributed by atoms with Crippen LogP contribution in [0, 0.1) is 0 Å². The van der Waals surface area contributed by atoms with E-state index in [1.54, 1.807) is 36.4 Å². The summed E-state index contributed by atoms with van der Waals surface area (Å²) in [6.07, 6.45) is 7.20. The maximum Gasteiger partial charge on any atom is 0.251 e. The molecule has 1 heterocycles. The number of amides is 1. The van der Waals surface area contributed by atoms with Crippen LogP contribution in [-0.2, 0) is 9.47 Å². The lowest BCUT2D eigenvalue weighted by molar-refractivity contribution is 0.0519. The van der Waals surface area contributed by atoms with Crippen LogP contribution in [-0.4, -0.2) is 65.5 Å². The number of hydrogen-bond acceptors (Lipinski definition) is 10. The van der Waals surface area contributed by atoms with Gasteiger partial charge in [-0.15, -0.1) is 0 Å². The third-order valence-electron chi connectivity index (χ3n) is 7.36. The summed E-state index contributed by atoms with van der Waals surface area (Å²) in [5, 5.41) is 22.1. The minimum Gasteiger partial charge on any atom is -0.508 e. The number of rotatable bonds is 22. The molecule has 0 radical (unpaired) electrons. The van der Waals surface area contributed by atoms with Gasteiger partial charge < -0.3 is 35.8 Å². The van der Waals surface area contributed by atoms with E-state index < -0.39 is 0 Å². The number of carbonyl (C=O) groups excluding carboxylic acids is 1. The highest BCUT2D eigenvalue weighted by Gasteiger charge is 2.09. The Labute approximate surface area is 283 Å². The summed E-state index contributed by atoms with van der Waals surface area (Å²) >= 11 is 0. The van der Waals surface area contributed by atoms with Gasteiger partial charge in [0.1, 0.15) is 5.75 Å². The van der Waals surface area contributed by atoms with Crippen molar-refractivity contribution in [3.05, 3.63) is 96.6 Å². The highest BCUT2D eigenvalue weighted by molar-refractivity contribution is 5.94. The van der Waals surface area contributed by atoms with Crippen LogP contribution in [0.3, 0.4) is 0 Å². The minimum atomic E-state index is -0.123. The molecule has 0 bridgehead atoms. The second kappa shape index (κ2) is 20.3. The topological polar surface area (TPSA) is 143 Å². The van der Waals surface area contributed by atoms with Crippen LogP contribution in [0.25, 0.3) is 5.57 Å². The lowest BCUT2D eigenvalue weighted by Gasteiger charge is -2.12. The van der Waals surface area contributed by atoms with Crippen molar-refractivity contribution in [1.82, 2.24) is 20.3 Å². The summed E-state index contributed by atoms with van der Waals surface area (Å²) in [7, 11) is 0. The molecular formula is C37H47N7O4. The number of nitrogens with zero attached hydrogens (tertiary/aromatic N) is 3. The van der Waals surface area contributed by atoms with Crippen LogP contribution in [0.15, 0.2) is 85.4 Å². The van der Waals surface area contributed by atoms with E-state index >= 15 is 0 Å². The fraction of sp³-hybridized carbons (Fsp3) is 0.351. The Balaban J connectivity index is 1.23. The second-order valence-electron chi connectivity index (χ2n) is 11.2. The van der Waals surface area contributed by atoms with E-state index in [0.29, 0.717) is 62.9 Å². The third kappa shape index (κ3) is 13.0. The number of aromatic nitrogens is 3. The standard InChI is InChI=1S/C37H47N7O4/c1-3-4-5-6-8-11-28(2)29-14-16-31(17-15-29)40-36-42-35(43-37(44-36)41-32-18-20-33(45)21-19-32)39-23-25-48-27-26-47-24-22-38-34(46)30-12-9-7-10-13-30/h7,9-10,12-21,45H,2-6,8,11,22-27H2,1H3,(H,38,46)(H3,39,40,41,42,43,44).